The van der Waals surface area contributed by atoms with Crippen LogP contribution < -0.4 is 0 Å². The van der Waals surface area contributed by atoms with Gasteiger partial charge in [-0.05, 0) is 17.7 Å². The lowest BCUT2D eigenvalue weighted by Gasteiger charge is -2.11. The summed E-state index contributed by atoms with van der Waals surface area (Å²) in [5.74, 6) is -0.323. The van der Waals surface area contributed by atoms with E-state index < -0.39 is 19.1 Å². The van der Waals surface area contributed by atoms with E-state index >= 15 is 0 Å². The number of nitrogens with zero attached hydrogens (tertiary/aromatic N) is 1. The molecule has 0 heterocycles. The Kier molecular flexibility index (Phi) is 4.19. The third-order valence-corrected chi connectivity index (χ3v) is 4.88. The molecule has 0 saturated carbocycles. The average Bonchev–Trinajstić information content (AvgIpc) is 2.15. The van der Waals surface area contributed by atoms with Gasteiger partial charge >= 0.3 is 0 Å². The van der Waals surface area contributed by atoms with Gasteiger partial charge in [0.15, 0.2) is 0 Å². The van der Waals surface area contributed by atoms with Crippen LogP contribution in [0, 0.1) is 0 Å². The van der Waals surface area contributed by atoms with Crippen molar-refractivity contribution in [1.29, 1.82) is 0 Å². The van der Waals surface area contributed by atoms with Crippen molar-refractivity contribution >= 4 is 29.8 Å². The Morgan fingerprint density at radius 2 is 1.53 bits per heavy atom. The number of hydrogen-bond donors (Lipinski definition) is 0. The first-order chi connectivity index (χ1) is 7.63. The number of sulfonamides is 1. The van der Waals surface area contributed by atoms with Gasteiger partial charge in [0.05, 0.1) is 10.6 Å². The molecule has 5 nitrogen and oxygen atoms in total. The third kappa shape index (κ3) is 3.95. The van der Waals surface area contributed by atoms with Gasteiger partial charge in [0, 0.05) is 24.8 Å². The van der Waals surface area contributed by atoms with Crippen LogP contribution in [0.1, 0.15) is 5.56 Å². The highest BCUT2D eigenvalue weighted by Crippen LogP contribution is 2.16. The molecule has 0 unspecified atom stereocenters. The fourth-order valence-electron chi connectivity index (χ4n) is 1.17. The molecule has 0 aliphatic rings. The van der Waals surface area contributed by atoms with Gasteiger partial charge in [-0.3, -0.25) is 0 Å². The summed E-state index contributed by atoms with van der Waals surface area (Å²) in [5, 5.41) is 0. The van der Waals surface area contributed by atoms with Gasteiger partial charge in [-0.1, -0.05) is 12.1 Å². The van der Waals surface area contributed by atoms with Gasteiger partial charge in [0.2, 0.25) is 19.1 Å². The van der Waals surface area contributed by atoms with Crippen molar-refractivity contribution in [2.45, 2.75) is 10.6 Å². The van der Waals surface area contributed by atoms with Crippen molar-refractivity contribution in [3.8, 4) is 0 Å². The molecule has 0 atom stereocenters. The summed E-state index contributed by atoms with van der Waals surface area (Å²) in [7, 11) is 0.824. The van der Waals surface area contributed by atoms with E-state index in [-0.39, 0.29) is 10.6 Å². The Labute approximate surface area is 105 Å². The second-order valence-corrected chi connectivity index (χ2v) is 8.54. The van der Waals surface area contributed by atoms with Crippen LogP contribution in [0.2, 0.25) is 0 Å². The molecule has 1 aromatic carbocycles. The SMILES string of the molecule is CN(C)S(=O)(=O)c1ccc(CS(=O)(=O)Cl)cc1. The molecular weight excluding hydrogens is 286 g/mol. The lowest BCUT2D eigenvalue weighted by molar-refractivity contribution is 0.520. The van der Waals surface area contributed by atoms with Crippen LogP contribution in [0.5, 0.6) is 0 Å². The second-order valence-electron chi connectivity index (χ2n) is 3.61. The molecular formula is C9H12ClNO4S2. The molecule has 0 radical (unpaired) electrons. The van der Waals surface area contributed by atoms with E-state index in [1.807, 2.05) is 0 Å². The molecule has 0 aliphatic heterocycles. The summed E-state index contributed by atoms with van der Waals surface area (Å²) in [5.41, 5.74) is 0.442. The van der Waals surface area contributed by atoms with Crippen LogP contribution in [0.3, 0.4) is 0 Å². The molecule has 0 fully saturated rings. The maximum Gasteiger partial charge on any atom is 0.242 e. The number of rotatable bonds is 4. The summed E-state index contributed by atoms with van der Waals surface area (Å²) < 4.78 is 46.2. The quantitative estimate of drug-likeness (QED) is 0.778. The highest BCUT2D eigenvalue weighted by atomic mass is 35.7. The molecule has 96 valence electrons. The first-order valence-electron chi connectivity index (χ1n) is 4.57. The third-order valence-electron chi connectivity index (χ3n) is 2.04. The van der Waals surface area contributed by atoms with Crippen LogP contribution >= 0.6 is 10.7 Å². The molecule has 17 heavy (non-hydrogen) atoms. The van der Waals surface area contributed by atoms with Crippen LogP contribution in [0.15, 0.2) is 29.2 Å². The molecule has 0 aliphatic carbocycles. The maximum atomic E-state index is 11.7. The zero-order chi connectivity index (χ0) is 13.3. The van der Waals surface area contributed by atoms with E-state index in [0.29, 0.717) is 5.56 Å². The summed E-state index contributed by atoms with van der Waals surface area (Å²) >= 11 is 0. The van der Waals surface area contributed by atoms with Gasteiger partial charge in [-0.15, -0.1) is 0 Å². The predicted octanol–water partition coefficient (Wildman–Crippen LogP) is 1.01. The standard InChI is InChI=1S/C9H12ClNO4S2/c1-11(2)17(14,15)9-5-3-8(4-6-9)7-16(10,12)13/h3-6H,7H2,1-2H3. The second kappa shape index (κ2) is 4.93. The lowest BCUT2D eigenvalue weighted by Crippen LogP contribution is -2.22. The van der Waals surface area contributed by atoms with Crippen molar-refractivity contribution in [2.24, 2.45) is 0 Å². The number of halogens is 1. The Hall–Kier alpha value is -0.630. The molecule has 1 rings (SSSR count). The largest absolute Gasteiger partial charge is 0.242 e. The fraction of sp³-hybridized carbons (Fsp3) is 0.333. The Balaban J connectivity index is 3.05. The predicted molar refractivity (Wildman–Crippen MR) is 65.8 cm³/mol. The molecule has 0 aromatic heterocycles. The number of benzene rings is 1. The van der Waals surface area contributed by atoms with Gasteiger partial charge in [-0.25, -0.2) is 21.1 Å². The molecule has 0 saturated heterocycles. The van der Waals surface area contributed by atoms with Crippen LogP contribution in [-0.4, -0.2) is 35.2 Å². The van der Waals surface area contributed by atoms with E-state index in [2.05, 4.69) is 0 Å². The van der Waals surface area contributed by atoms with E-state index in [1.54, 1.807) is 0 Å². The topological polar surface area (TPSA) is 71.5 Å². The first-order valence-corrected chi connectivity index (χ1v) is 8.48. The highest BCUT2D eigenvalue weighted by molar-refractivity contribution is 8.13. The normalized spacial score (nSPS) is 12.9. The molecule has 0 amide bonds. The zero-order valence-corrected chi connectivity index (χ0v) is 11.7. The molecule has 0 spiro atoms. The summed E-state index contributed by atoms with van der Waals surface area (Å²) in [6.07, 6.45) is 0. The van der Waals surface area contributed by atoms with Crippen molar-refractivity contribution in [1.82, 2.24) is 4.31 Å². The van der Waals surface area contributed by atoms with Crippen LogP contribution in [0.25, 0.3) is 0 Å². The van der Waals surface area contributed by atoms with Crippen molar-refractivity contribution in [3.63, 3.8) is 0 Å². The number of hydrogen-bond acceptors (Lipinski definition) is 4. The van der Waals surface area contributed by atoms with E-state index in [1.165, 1.54) is 38.4 Å². The van der Waals surface area contributed by atoms with E-state index in [9.17, 15) is 16.8 Å². The molecule has 0 N–H and O–H groups in total. The molecule has 8 heteroatoms. The van der Waals surface area contributed by atoms with Crippen molar-refractivity contribution in [2.75, 3.05) is 14.1 Å². The highest BCUT2D eigenvalue weighted by Gasteiger charge is 2.17. The van der Waals surface area contributed by atoms with Crippen LogP contribution in [-0.2, 0) is 24.8 Å². The summed E-state index contributed by atoms with van der Waals surface area (Å²) in [4.78, 5) is 0.109. The first kappa shape index (κ1) is 14.4. The smallest absolute Gasteiger partial charge is 0.212 e. The molecule has 0 bridgehead atoms. The van der Waals surface area contributed by atoms with E-state index in [0.717, 1.165) is 4.31 Å². The molecule has 1 aromatic rings. The van der Waals surface area contributed by atoms with E-state index in [4.69, 9.17) is 10.7 Å². The minimum absolute atomic E-state index is 0.109. The van der Waals surface area contributed by atoms with Crippen molar-refractivity contribution < 1.29 is 16.8 Å². The monoisotopic (exact) mass is 297 g/mol. The Bertz CT molecular complexity index is 590. The maximum absolute atomic E-state index is 11.7. The minimum atomic E-state index is -3.63. The average molecular weight is 298 g/mol. The fourth-order valence-corrected chi connectivity index (χ4v) is 3.04. The van der Waals surface area contributed by atoms with Crippen LogP contribution in [0.4, 0.5) is 0 Å². The van der Waals surface area contributed by atoms with Gasteiger partial charge in [-0.2, -0.15) is 0 Å². The Morgan fingerprint density at radius 1 is 1.06 bits per heavy atom. The lowest BCUT2D eigenvalue weighted by atomic mass is 10.2. The minimum Gasteiger partial charge on any atom is -0.212 e. The van der Waals surface area contributed by atoms with Gasteiger partial charge < -0.3 is 0 Å². The van der Waals surface area contributed by atoms with Gasteiger partial charge in [0.25, 0.3) is 0 Å². The van der Waals surface area contributed by atoms with Gasteiger partial charge in [0.1, 0.15) is 0 Å². The van der Waals surface area contributed by atoms with Crippen molar-refractivity contribution in [3.05, 3.63) is 29.8 Å². The summed E-state index contributed by atoms with van der Waals surface area (Å²) in [6.45, 7) is 0. The zero-order valence-electron chi connectivity index (χ0n) is 9.29. The summed E-state index contributed by atoms with van der Waals surface area (Å²) in [6, 6.07) is 5.56. The Morgan fingerprint density at radius 3 is 1.88 bits per heavy atom.